The molecule has 1 aliphatic carbocycles. The lowest BCUT2D eigenvalue weighted by Crippen LogP contribution is -2.39. The molecule has 0 radical (unpaired) electrons. The van der Waals surface area contributed by atoms with E-state index in [1.807, 2.05) is 0 Å². The van der Waals surface area contributed by atoms with Crippen LogP contribution in [-0.4, -0.2) is 61.0 Å². The zero-order valence-electron chi connectivity index (χ0n) is 14.1. The predicted molar refractivity (Wildman–Crippen MR) is 89.9 cm³/mol. The molecule has 4 nitrogen and oxygen atoms in total. The lowest BCUT2D eigenvalue weighted by molar-refractivity contribution is -0.131. The maximum Gasteiger partial charge on any atom is 0.224 e. The van der Waals surface area contributed by atoms with Crippen molar-refractivity contribution in [3.05, 3.63) is 0 Å². The minimum Gasteiger partial charge on any atom is -0.341 e. The van der Waals surface area contributed by atoms with Crippen LogP contribution in [0.4, 0.5) is 0 Å². The highest BCUT2D eigenvalue weighted by atomic mass is 16.2. The number of nitrogens with one attached hydrogen (secondary N) is 1. The highest BCUT2D eigenvalue weighted by Gasteiger charge is 2.24. The van der Waals surface area contributed by atoms with Gasteiger partial charge < -0.3 is 15.1 Å². The number of nitrogens with zero attached hydrogens (tertiary/aromatic N) is 2. The summed E-state index contributed by atoms with van der Waals surface area (Å²) in [5.74, 6) is 1.29. The number of hydrogen-bond donors (Lipinski definition) is 1. The van der Waals surface area contributed by atoms with Gasteiger partial charge in [-0.15, -0.1) is 0 Å². The van der Waals surface area contributed by atoms with Gasteiger partial charge in [0.1, 0.15) is 0 Å². The van der Waals surface area contributed by atoms with Gasteiger partial charge in [0.05, 0.1) is 0 Å². The predicted octanol–water partition coefficient (Wildman–Crippen LogP) is 2.24. The van der Waals surface area contributed by atoms with Crippen molar-refractivity contribution in [1.82, 2.24) is 15.1 Å². The van der Waals surface area contributed by atoms with E-state index in [2.05, 4.69) is 15.1 Å². The highest BCUT2D eigenvalue weighted by Crippen LogP contribution is 2.24. The summed E-state index contributed by atoms with van der Waals surface area (Å²) >= 11 is 0. The molecular formula is C18H33N3O. The smallest absolute Gasteiger partial charge is 0.224 e. The topological polar surface area (TPSA) is 35.6 Å². The maximum absolute atomic E-state index is 12.5. The number of carbonyl (C=O) groups is 1. The Labute approximate surface area is 135 Å². The Morgan fingerprint density at radius 2 is 1.77 bits per heavy atom. The summed E-state index contributed by atoms with van der Waals surface area (Å²) in [5.41, 5.74) is 0. The highest BCUT2D eigenvalue weighted by molar-refractivity contribution is 5.76. The Kier molecular flexibility index (Phi) is 6.13. The van der Waals surface area contributed by atoms with E-state index in [0.717, 1.165) is 38.5 Å². The van der Waals surface area contributed by atoms with Crippen molar-refractivity contribution in [2.75, 3.05) is 39.3 Å². The van der Waals surface area contributed by atoms with Crippen LogP contribution in [-0.2, 0) is 4.79 Å². The molecule has 3 rings (SSSR count). The molecule has 0 aromatic heterocycles. The molecule has 22 heavy (non-hydrogen) atoms. The van der Waals surface area contributed by atoms with Crippen molar-refractivity contribution >= 4 is 5.91 Å². The summed E-state index contributed by atoms with van der Waals surface area (Å²) in [6, 6.07) is 0.439. The molecule has 2 saturated heterocycles. The molecule has 3 fully saturated rings. The van der Waals surface area contributed by atoms with E-state index in [1.54, 1.807) is 0 Å². The molecular weight excluding hydrogens is 274 g/mol. The summed E-state index contributed by atoms with van der Waals surface area (Å²) in [6.45, 7) is 6.53. The van der Waals surface area contributed by atoms with Crippen molar-refractivity contribution in [3.63, 3.8) is 0 Å². The van der Waals surface area contributed by atoms with E-state index < -0.39 is 0 Å². The zero-order chi connectivity index (χ0) is 15.2. The summed E-state index contributed by atoms with van der Waals surface area (Å²) in [5, 5.41) is 3.45. The van der Waals surface area contributed by atoms with E-state index in [0.29, 0.717) is 18.4 Å². The van der Waals surface area contributed by atoms with Crippen molar-refractivity contribution < 1.29 is 4.79 Å². The molecule has 1 atom stereocenters. The van der Waals surface area contributed by atoms with Gasteiger partial charge in [0.15, 0.2) is 0 Å². The van der Waals surface area contributed by atoms with E-state index in [9.17, 15) is 4.79 Å². The standard InChI is InChI=1S/C18H33N3O/c22-18(14-17-8-4-9-19-17)21-11-5-10-20(12-13-21)15-16-6-2-1-3-7-16/h16-17,19H,1-15H2. The normalized spacial score (nSPS) is 28.7. The fourth-order valence-electron chi connectivity index (χ4n) is 4.41. The monoisotopic (exact) mass is 307 g/mol. The fourth-order valence-corrected chi connectivity index (χ4v) is 4.41. The molecule has 0 spiro atoms. The van der Waals surface area contributed by atoms with Crippen molar-refractivity contribution in [1.29, 1.82) is 0 Å². The van der Waals surface area contributed by atoms with E-state index in [1.165, 1.54) is 58.0 Å². The second kappa shape index (κ2) is 8.30. The van der Waals surface area contributed by atoms with E-state index in [-0.39, 0.29) is 0 Å². The number of amides is 1. The van der Waals surface area contributed by atoms with Gasteiger partial charge in [-0.2, -0.15) is 0 Å². The third-order valence-electron chi connectivity index (χ3n) is 5.77. The van der Waals surface area contributed by atoms with Crippen molar-refractivity contribution in [2.45, 2.75) is 63.8 Å². The van der Waals surface area contributed by atoms with E-state index in [4.69, 9.17) is 0 Å². The number of rotatable bonds is 4. The lowest BCUT2D eigenvalue weighted by atomic mass is 9.89. The maximum atomic E-state index is 12.5. The lowest BCUT2D eigenvalue weighted by Gasteiger charge is -2.29. The van der Waals surface area contributed by atoms with Gasteiger partial charge >= 0.3 is 0 Å². The Hall–Kier alpha value is -0.610. The van der Waals surface area contributed by atoms with Crippen molar-refractivity contribution in [3.8, 4) is 0 Å². The molecule has 0 aromatic carbocycles. The molecule has 1 N–H and O–H groups in total. The van der Waals surface area contributed by atoms with Crippen LogP contribution in [0.5, 0.6) is 0 Å². The van der Waals surface area contributed by atoms with Crippen LogP contribution in [0.25, 0.3) is 0 Å². The number of carbonyl (C=O) groups excluding carboxylic acids is 1. The van der Waals surface area contributed by atoms with Gasteiger partial charge in [0, 0.05) is 38.6 Å². The van der Waals surface area contributed by atoms with Crippen LogP contribution in [0.3, 0.4) is 0 Å². The molecule has 1 amide bonds. The second-order valence-electron chi connectivity index (χ2n) is 7.54. The second-order valence-corrected chi connectivity index (χ2v) is 7.54. The Morgan fingerprint density at radius 1 is 0.909 bits per heavy atom. The van der Waals surface area contributed by atoms with Gasteiger partial charge in [-0.25, -0.2) is 0 Å². The molecule has 0 aromatic rings. The molecule has 2 aliphatic heterocycles. The first-order valence-electron chi connectivity index (χ1n) is 9.55. The zero-order valence-corrected chi connectivity index (χ0v) is 14.1. The van der Waals surface area contributed by atoms with Gasteiger partial charge in [-0.05, 0) is 51.1 Å². The fraction of sp³-hybridized carbons (Fsp3) is 0.944. The minimum absolute atomic E-state index is 0.374. The summed E-state index contributed by atoms with van der Waals surface area (Å²) in [6.07, 6.45) is 11.4. The van der Waals surface area contributed by atoms with Crippen LogP contribution in [0.1, 0.15) is 57.8 Å². The Bertz CT molecular complexity index is 348. The quantitative estimate of drug-likeness (QED) is 0.865. The third-order valence-corrected chi connectivity index (χ3v) is 5.77. The molecule has 126 valence electrons. The first-order valence-corrected chi connectivity index (χ1v) is 9.55. The Morgan fingerprint density at radius 3 is 2.55 bits per heavy atom. The molecule has 3 aliphatic rings. The van der Waals surface area contributed by atoms with Gasteiger partial charge in [-0.1, -0.05) is 19.3 Å². The first-order chi connectivity index (χ1) is 10.8. The average Bonchev–Trinajstić information content (AvgIpc) is 2.93. The van der Waals surface area contributed by atoms with Crippen molar-refractivity contribution in [2.24, 2.45) is 5.92 Å². The molecule has 0 bridgehead atoms. The van der Waals surface area contributed by atoms with Crippen LogP contribution in [0, 0.1) is 5.92 Å². The van der Waals surface area contributed by atoms with Gasteiger partial charge in [-0.3, -0.25) is 4.79 Å². The summed E-state index contributed by atoms with van der Waals surface area (Å²) in [7, 11) is 0. The molecule has 4 heteroatoms. The summed E-state index contributed by atoms with van der Waals surface area (Å²) in [4.78, 5) is 17.2. The average molecular weight is 307 g/mol. The van der Waals surface area contributed by atoms with Gasteiger partial charge in [0.25, 0.3) is 0 Å². The summed E-state index contributed by atoms with van der Waals surface area (Å²) < 4.78 is 0. The molecule has 1 unspecified atom stereocenters. The van der Waals surface area contributed by atoms with Gasteiger partial charge in [0.2, 0.25) is 5.91 Å². The first kappa shape index (κ1) is 16.3. The SMILES string of the molecule is O=C(CC1CCCN1)N1CCCN(CC2CCCCC2)CC1. The molecule has 2 heterocycles. The van der Waals surface area contributed by atoms with Crippen LogP contribution < -0.4 is 5.32 Å². The third kappa shape index (κ3) is 4.69. The number of hydrogen-bond acceptors (Lipinski definition) is 3. The largest absolute Gasteiger partial charge is 0.341 e. The van der Waals surface area contributed by atoms with Crippen LogP contribution >= 0.6 is 0 Å². The Balaban J connectivity index is 1.41. The molecule has 1 saturated carbocycles. The van der Waals surface area contributed by atoms with E-state index >= 15 is 0 Å². The minimum atomic E-state index is 0.374. The van der Waals surface area contributed by atoms with Crippen LogP contribution in [0.15, 0.2) is 0 Å². The van der Waals surface area contributed by atoms with Crippen LogP contribution in [0.2, 0.25) is 0 Å².